The highest BCUT2D eigenvalue weighted by atomic mass is 16.5. The van der Waals surface area contributed by atoms with Gasteiger partial charge in [0, 0.05) is 17.1 Å². The molecule has 1 aliphatic carbocycles. The van der Waals surface area contributed by atoms with E-state index in [1.54, 1.807) is 0 Å². The van der Waals surface area contributed by atoms with E-state index in [2.05, 4.69) is 37.3 Å². The van der Waals surface area contributed by atoms with Crippen LogP contribution >= 0.6 is 0 Å². The van der Waals surface area contributed by atoms with E-state index in [1.807, 2.05) is 13.0 Å². The number of hydrogen-bond acceptors (Lipinski definition) is 2. The smallest absolute Gasteiger partial charge is 0.328 e. The van der Waals surface area contributed by atoms with Gasteiger partial charge >= 0.3 is 5.97 Å². The number of aliphatic carboxylic acids is 1. The molecule has 0 amide bonds. The van der Waals surface area contributed by atoms with Crippen molar-refractivity contribution in [1.82, 2.24) is 0 Å². The molecule has 1 spiro atoms. The number of carboxylic acids is 1. The van der Waals surface area contributed by atoms with Gasteiger partial charge in [0.15, 0.2) is 0 Å². The highest BCUT2D eigenvalue weighted by Crippen LogP contribution is 2.44. The summed E-state index contributed by atoms with van der Waals surface area (Å²) in [5, 5.41) is 8.95. The van der Waals surface area contributed by atoms with Gasteiger partial charge in [-0.2, -0.15) is 0 Å². The van der Waals surface area contributed by atoms with Crippen LogP contribution in [0.5, 0.6) is 5.75 Å². The van der Waals surface area contributed by atoms with Gasteiger partial charge in [0.05, 0.1) is 6.61 Å². The van der Waals surface area contributed by atoms with Crippen LogP contribution in [-0.4, -0.2) is 17.7 Å². The van der Waals surface area contributed by atoms with Gasteiger partial charge in [-0.25, -0.2) is 4.79 Å². The molecule has 3 rings (SSSR count). The summed E-state index contributed by atoms with van der Waals surface area (Å²) in [7, 11) is 0. The third kappa shape index (κ3) is 4.27. The first-order chi connectivity index (χ1) is 12.5. The molecule has 26 heavy (non-hydrogen) atoms. The lowest BCUT2D eigenvalue weighted by Crippen LogP contribution is -2.28. The van der Waals surface area contributed by atoms with Crippen LogP contribution in [0.3, 0.4) is 0 Å². The number of carboxylic acid groups (broad SMARTS) is 1. The van der Waals surface area contributed by atoms with Crippen molar-refractivity contribution < 1.29 is 14.6 Å². The van der Waals surface area contributed by atoms with Crippen molar-refractivity contribution in [3.05, 3.63) is 59.2 Å². The molecule has 1 aliphatic heterocycles. The average Bonchev–Trinajstić information content (AvgIpc) is 2.77. The summed E-state index contributed by atoms with van der Waals surface area (Å²) >= 11 is 0. The minimum Gasteiger partial charge on any atom is -0.492 e. The van der Waals surface area contributed by atoms with Crippen LogP contribution in [-0.2, 0) is 11.2 Å². The fourth-order valence-electron chi connectivity index (χ4n) is 3.97. The largest absolute Gasteiger partial charge is 0.492 e. The zero-order chi connectivity index (χ0) is 18.6. The van der Waals surface area contributed by atoms with Gasteiger partial charge in [-0.3, -0.25) is 0 Å². The topological polar surface area (TPSA) is 46.5 Å². The lowest BCUT2D eigenvalue weighted by atomic mass is 9.73. The summed E-state index contributed by atoms with van der Waals surface area (Å²) in [5.74, 6) is 0.0168. The van der Waals surface area contributed by atoms with Crippen molar-refractivity contribution in [3.8, 4) is 5.75 Å². The van der Waals surface area contributed by atoms with E-state index < -0.39 is 5.97 Å². The highest BCUT2D eigenvalue weighted by molar-refractivity contribution is 5.82. The predicted molar refractivity (Wildman–Crippen MR) is 105 cm³/mol. The fraction of sp³-hybridized carbons (Fsp3) is 0.435. The number of fused-ring (bicyclic) bond motifs is 1. The Labute approximate surface area is 156 Å². The molecule has 0 saturated heterocycles. The molecule has 0 radical (unpaired) electrons. The maximum atomic E-state index is 10.9. The Balaban J connectivity index is 2.04. The quantitative estimate of drug-likeness (QED) is 0.570. The number of ether oxygens (including phenoxy) is 1. The molecule has 1 aromatic rings. The van der Waals surface area contributed by atoms with E-state index in [-0.39, 0.29) is 5.41 Å². The molecule has 3 nitrogen and oxygen atoms in total. The van der Waals surface area contributed by atoms with Gasteiger partial charge in [-0.15, -0.1) is 0 Å². The lowest BCUT2D eigenvalue weighted by molar-refractivity contribution is -0.131. The molecule has 1 heterocycles. The number of allylic oxidation sites excluding steroid dienone is 4. The summed E-state index contributed by atoms with van der Waals surface area (Å²) in [6.45, 7) is 4.70. The Kier molecular flexibility index (Phi) is 5.65. The molecule has 2 aliphatic rings. The summed E-state index contributed by atoms with van der Waals surface area (Å²) < 4.78 is 6.25. The van der Waals surface area contributed by atoms with Crippen LogP contribution < -0.4 is 4.74 Å². The summed E-state index contributed by atoms with van der Waals surface area (Å²) in [6, 6.07) is 6.43. The zero-order valence-corrected chi connectivity index (χ0v) is 15.8. The van der Waals surface area contributed by atoms with E-state index in [0.717, 1.165) is 48.3 Å². The van der Waals surface area contributed by atoms with Gasteiger partial charge in [0.2, 0.25) is 0 Å². The SMILES string of the molecule is CCc1ccc2c(c1)C(/C=C/C(C)=C/C(=O)O)=CC1(CCCCC1)CO2. The average molecular weight is 352 g/mol. The fourth-order valence-corrected chi connectivity index (χ4v) is 3.97. The van der Waals surface area contributed by atoms with Crippen molar-refractivity contribution in [3.63, 3.8) is 0 Å². The Morgan fingerprint density at radius 2 is 2.04 bits per heavy atom. The third-order valence-electron chi connectivity index (χ3n) is 5.47. The standard InChI is InChI=1S/C23H28O3/c1-3-18-8-10-21-20(14-18)19(9-7-17(2)13-22(24)25)15-23(16-26-21)11-5-4-6-12-23/h7-10,13-15H,3-6,11-12,16H2,1-2H3,(H,24,25)/b9-7+,17-13+. The second kappa shape index (κ2) is 7.94. The van der Waals surface area contributed by atoms with Crippen molar-refractivity contribution in [2.75, 3.05) is 6.61 Å². The van der Waals surface area contributed by atoms with Gasteiger partial charge in [-0.05, 0) is 55.0 Å². The minimum atomic E-state index is -0.914. The van der Waals surface area contributed by atoms with Crippen LogP contribution in [0.4, 0.5) is 0 Å². The number of aryl methyl sites for hydroxylation is 1. The molecule has 3 heteroatoms. The second-order valence-electron chi connectivity index (χ2n) is 7.56. The van der Waals surface area contributed by atoms with Crippen molar-refractivity contribution >= 4 is 11.5 Å². The molecule has 1 fully saturated rings. The Morgan fingerprint density at radius 1 is 1.27 bits per heavy atom. The van der Waals surface area contributed by atoms with Crippen LogP contribution in [0, 0.1) is 5.41 Å². The molecule has 138 valence electrons. The maximum absolute atomic E-state index is 10.9. The maximum Gasteiger partial charge on any atom is 0.328 e. The van der Waals surface area contributed by atoms with Crippen LogP contribution in [0.15, 0.2) is 48.1 Å². The molecule has 0 bridgehead atoms. The summed E-state index contributed by atoms with van der Waals surface area (Å²) in [4.78, 5) is 10.9. The first-order valence-corrected chi connectivity index (χ1v) is 9.60. The summed E-state index contributed by atoms with van der Waals surface area (Å²) in [6.07, 6.45) is 14.7. The van der Waals surface area contributed by atoms with Gasteiger partial charge < -0.3 is 9.84 Å². The monoisotopic (exact) mass is 352 g/mol. The van der Waals surface area contributed by atoms with E-state index in [1.165, 1.54) is 30.9 Å². The van der Waals surface area contributed by atoms with Crippen molar-refractivity contribution in [1.29, 1.82) is 0 Å². The third-order valence-corrected chi connectivity index (χ3v) is 5.47. The van der Waals surface area contributed by atoms with Crippen molar-refractivity contribution in [2.24, 2.45) is 5.41 Å². The molecule has 0 aromatic heterocycles. The molecule has 0 atom stereocenters. The molecule has 1 saturated carbocycles. The highest BCUT2D eigenvalue weighted by Gasteiger charge is 2.33. The number of hydrogen-bond donors (Lipinski definition) is 1. The number of benzene rings is 1. The zero-order valence-electron chi connectivity index (χ0n) is 15.8. The van der Waals surface area contributed by atoms with E-state index in [0.29, 0.717) is 0 Å². The van der Waals surface area contributed by atoms with E-state index in [4.69, 9.17) is 9.84 Å². The lowest BCUT2D eigenvalue weighted by Gasteiger charge is -2.33. The molecule has 1 N–H and O–H groups in total. The second-order valence-corrected chi connectivity index (χ2v) is 7.56. The number of rotatable bonds is 4. The van der Waals surface area contributed by atoms with Gasteiger partial charge in [0.1, 0.15) is 5.75 Å². The van der Waals surface area contributed by atoms with E-state index in [9.17, 15) is 4.79 Å². The molecular formula is C23H28O3. The van der Waals surface area contributed by atoms with Gasteiger partial charge in [-0.1, -0.05) is 50.5 Å². The van der Waals surface area contributed by atoms with Gasteiger partial charge in [0.25, 0.3) is 0 Å². The summed E-state index contributed by atoms with van der Waals surface area (Å²) in [5.41, 5.74) is 4.37. The van der Waals surface area contributed by atoms with Crippen LogP contribution in [0.1, 0.15) is 57.1 Å². The molecule has 1 aromatic carbocycles. The predicted octanol–water partition coefficient (Wildman–Crippen LogP) is 5.56. The molecular weight excluding hydrogens is 324 g/mol. The Morgan fingerprint density at radius 3 is 2.73 bits per heavy atom. The van der Waals surface area contributed by atoms with Crippen LogP contribution in [0.2, 0.25) is 0 Å². The normalized spacial score (nSPS) is 19.6. The Bertz CT molecular complexity index is 762. The first-order valence-electron chi connectivity index (χ1n) is 9.60. The minimum absolute atomic E-state index is 0.0910. The number of carbonyl (C=O) groups is 1. The molecule has 0 unspecified atom stereocenters. The van der Waals surface area contributed by atoms with E-state index >= 15 is 0 Å². The van der Waals surface area contributed by atoms with Crippen LogP contribution in [0.25, 0.3) is 5.57 Å². The first kappa shape index (κ1) is 18.5. The van der Waals surface area contributed by atoms with Crippen molar-refractivity contribution in [2.45, 2.75) is 52.4 Å². The Hall–Kier alpha value is -2.29.